The third-order valence-corrected chi connectivity index (χ3v) is 4.91. The van der Waals surface area contributed by atoms with E-state index < -0.39 is 0 Å². The molecule has 1 aliphatic carbocycles. The summed E-state index contributed by atoms with van der Waals surface area (Å²) in [5, 5.41) is 0. The molecule has 2 aliphatic rings. The van der Waals surface area contributed by atoms with E-state index in [1.165, 1.54) is 25.7 Å². The molecule has 2 amide bonds. The maximum absolute atomic E-state index is 12.8. The van der Waals surface area contributed by atoms with Crippen molar-refractivity contribution in [1.29, 1.82) is 0 Å². The van der Waals surface area contributed by atoms with Gasteiger partial charge in [-0.25, -0.2) is 4.79 Å². The Morgan fingerprint density at radius 1 is 1.11 bits per heavy atom. The lowest BCUT2D eigenvalue weighted by Crippen LogP contribution is -2.58. The first-order valence-corrected chi connectivity index (χ1v) is 8.00. The van der Waals surface area contributed by atoms with Crippen molar-refractivity contribution in [3.8, 4) is 0 Å². The fourth-order valence-corrected chi connectivity index (χ4v) is 3.72. The molecule has 0 atom stereocenters. The van der Waals surface area contributed by atoms with E-state index >= 15 is 0 Å². The summed E-state index contributed by atoms with van der Waals surface area (Å²) in [5.41, 5.74) is 5.97. The zero-order valence-corrected chi connectivity index (χ0v) is 12.4. The normalized spacial score (nSPS) is 23.2. The van der Waals surface area contributed by atoms with Crippen LogP contribution in [0.25, 0.3) is 0 Å². The van der Waals surface area contributed by atoms with Gasteiger partial charge in [-0.3, -0.25) is 0 Å². The number of amides is 2. The summed E-state index contributed by atoms with van der Waals surface area (Å²) in [6.07, 6.45) is 9.41. The number of nitrogens with two attached hydrogens (primary N) is 1. The Kier molecular flexibility index (Phi) is 5.08. The summed E-state index contributed by atoms with van der Waals surface area (Å²) in [6.45, 7) is 5.34. The van der Waals surface area contributed by atoms with Crippen LogP contribution in [-0.4, -0.2) is 47.5 Å². The molecule has 0 aromatic heterocycles. The minimum absolute atomic E-state index is 0.0574. The average molecular weight is 267 g/mol. The van der Waals surface area contributed by atoms with Crippen LogP contribution in [0.1, 0.15) is 58.3 Å². The molecule has 1 saturated carbocycles. The van der Waals surface area contributed by atoms with E-state index in [2.05, 4.69) is 16.7 Å². The fraction of sp³-hybridized carbons (Fsp3) is 0.933. The van der Waals surface area contributed by atoms with Crippen LogP contribution >= 0.6 is 0 Å². The Morgan fingerprint density at radius 3 is 2.16 bits per heavy atom. The van der Waals surface area contributed by atoms with Crippen LogP contribution in [0.5, 0.6) is 0 Å². The molecule has 2 N–H and O–H groups in total. The van der Waals surface area contributed by atoms with Gasteiger partial charge in [-0.2, -0.15) is 0 Å². The SMILES string of the molecule is CCN(C(=O)N1CCCCCC1)C1(CN)CCCC1. The smallest absolute Gasteiger partial charge is 0.320 e. The Balaban J connectivity index is 2.08. The van der Waals surface area contributed by atoms with E-state index in [4.69, 9.17) is 5.73 Å². The molecule has 0 unspecified atom stereocenters. The predicted octanol–water partition coefficient (Wildman–Crippen LogP) is 2.58. The molecule has 1 saturated heterocycles. The topological polar surface area (TPSA) is 49.6 Å². The molecule has 4 nitrogen and oxygen atoms in total. The predicted molar refractivity (Wildman–Crippen MR) is 78.1 cm³/mol. The van der Waals surface area contributed by atoms with Crippen molar-refractivity contribution in [1.82, 2.24) is 9.80 Å². The van der Waals surface area contributed by atoms with Crippen molar-refractivity contribution < 1.29 is 4.79 Å². The molecular weight excluding hydrogens is 238 g/mol. The van der Waals surface area contributed by atoms with Gasteiger partial charge in [-0.1, -0.05) is 25.7 Å². The summed E-state index contributed by atoms with van der Waals surface area (Å²) in [5.74, 6) is 0. The number of rotatable bonds is 3. The number of urea groups is 1. The second-order valence-electron chi connectivity index (χ2n) is 6.06. The molecule has 1 aliphatic heterocycles. The Hall–Kier alpha value is -0.770. The van der Waals surface area contributed by atoms with E-state index in [9.17, 15) is 4.79 Å². The summed E-state index contributed by atoms with van der Waals surface area (Å²) in [7, 11) is 0. The van der Waals surface area contributed by atoms with E-state index in [-0.39, 0.29) is 11.6 Å². The largest absolute Gasteiger partial charge is 0.328 e. The Morgan fingerprint density at radius 2 is 1.68 bits per heavy atom. The summed E-state index contributed by atoms with van der Waals surface area (Å²) < 4.78 is 0. The lowest BCUT2D eigenvalue weighted by atomic mass is 9.95. The number of hydrogen-bond donors (Lipinski definition) is 1. The van der Waals surface area contributed by atoms with Gasteiger partial charge in [0, 0.05) is 26.2 Å². The lowest BCUT2D eigenvalue weighted by molar-refractivity contribution is 0.0941. The van der Waals surface area contributed by atoms with Crippen molar-refractivity contribution >= 4 is 6.03 Å². The van der Waals surface area contributed by atoms with Gasteiger partial charge in [0.1, 0.15) is 0 Å². The lowest BCUT2D eigenvalue weighted by Gasteiger charge is -2.42. The summed E-state index contributed by atoms with van der Waals surface area (Å²) in [4.78, 5) is 17.0. The first-order valence-electron chi connectivity index (χ1n) is 8.00. The third-order valence-electron chi connectivity index (χ3n) is 4.91. The molecule has 110 valence electrons. The van der Waals surface area contributed by atoms with E-state index in [0.29, 0.717) is 6.54 Å². The standard InChI is InChI=1S/C15H29N3O/c1-2-18(15(13-16)9-5-6-10-15)14(19)17-11-7-3-4-8-12-17/h2-13,16H2,1H3. The van der Waals surface area contributed by atoms with Gasteiger partial charge < -0.3 is 15.5 Å². The van der Waals surface area contributed by atoms with Crippen LogP contribution in [0.4, 0.5) is 4.79 Å². The van der Waals surface area contributed by atoms with Crippen molar-refractivity contribution in [3.63, 3.8) is 0 Å². The Labute approximate surface area is 117 Å². The highest BCUT2D eigenvalue weighted by Gasteiger charge is 2.41. The van der Waals surface area contributed by atoms with Crippen LogP contribution in [0.2, 0.25) is 0 Å². The first kappa shape index (κ1) is 14.6. The van der Waals surface area contributed by atoms with Crippen molar-refractivity contribution in [2.75, 3.05) is 26.2 Å². The average Bonchev–Trinajstić information content (AvgIpc) is 2.75. The molecule has 19 heavy (non-hydrogen) atoms. The molecule has 0 radical (unpaired) electrons. The van der Waals surface area contributed by atoms with E-state index in [1.807, 2.05) is 0 Å². The molecule has 2 fully saturated rings. The zero-order chi connectivity index (χ0) is 13.7. The number of nitrogens with zero attached hydrogens (tertiary/aromatic N) is 2. The second-order valence-corrected chi connectivity index (χ2v) is 6.06. The highest BCUT2D eigenvalue weighted by Crippen LogP contribution is 2.35. The van der Waals surface area contributed by atoms with Gasteiger partial charge in [-0.15, -0.1) is 0 Å². The van der Waals surface area contributed by atoms with Gasteiger partial charge in [0.05, 0.1) is 5.54 Å². The minimum atomic E-state index is -0.0574. The number of carbonyl (C=O) groups is 1. The van der Waals surface area contributed by atoms with Crippen LogP contribution in [0.15, 0.2) is 0 Å². The highest BCUT2D eigenvalue weighted by molar-refractivity contribution is 5.75. The zero-order valence-electron chi connectivity index (χ0n) is 12.4. The molecular formula is C15H29N3O. The maximum Gasteiger partial charge on any atom is 0.320 e. The van der Waals surface area contributed by atoms with E-state index in [0.717, 1.165) is 45.3 Å². The van der Waals surface area contributed by atoms with Crippen LogP contribution < -0.4 is 5.73 Å². The van der Waals surface area contributed by atoms with Crippen molar-refractivity contribution in [3.05, 3.63) is 0 Å². The molecule has 0 aromatic carbocycles. The van der Waals surface area contributed by atoms with E-state index in [1.54, 1.807) is 0 Å². The van der Waals surface area contributed by atoms with Crippen LogP contribution in [0.3, 0.4) is 0 Å². The second kappa shape index (κ2) is 6.60. The number of hydrogen-bond acceptors (Lipinski definition) is 2. The number of likely N-dealkylation sites (tertiary alicyclic amines) is 1. The molecule has 2 rings (SSSR count). The third kappa shape index (κ3) is 3.04. The molecule has 0 spiro atoms. The molecule has 4 heteroatoms. The number of likely N-dealkylation sites (N-methyl/N-ethyl adjacent to an activating group) is 1. The minimum Gasteiger partial charge on any atom is -0.328 e. The fourth-order valence-electron chi connectivity index (χ4n) is 3.72. The highest BCUT2D eigenvalue weighted by atomic mass is 16.2. The monoisotopic (exact) mass is 267 g/mol. The summed E-state index contributed by atoms with van der Waals surface area (Å²) in [6, 6.07) is 0.233. The van der Waals surface area contributed by atoms with Crippen LogP contribution in [0, 0.1) is 0 Å². The van der Waals surface area contributed by atoms with Crippen molar-refractivity contribution in [2.45, 2.75) is 63.8 Å². The first-order chi connectivity index (χ1) is 9.23. The van der Waals surface area contributed by atoms with Gasteiger partial charge in [0.15, 0.2) is 0 Å². The van der Waals surface area contributed by atoms with Gasteiger partial charge >= 0.3 is 6.03 Å². The maximum atomic E-state index is 12.8. The van der Waals surface area contributed by atoms with Crippen LogP contribution in [-0.2, 0) is 0 Å². The van der Waals surface area contributed by atoms with Gasteiger partial charge in [-0.05, 0) is 32.6 Å². The Bertz CT molecular complexity index is 292. The molecule has 1 heterocycles. The van der Waals surface area contributed by atoms with Crippen molar-refractivity contribution in [2.24, 2.45) is 5.73 Å². The molecule has 0 bridgehead atoms. The summed E-state index contributed by atoms with van der Waals surface area (Å²) >= 11 is 0. The van der Waals surface area contributed by atoms with Gasteiger partial charge in [0.2, 0.25) is 0 Å². The molecule has 0 aromatic rings. The quantitative estimate of drug-likeness (QED) is 0.854. The van der Waals surface area contributed by atoms with Gasteiger partial charge in [0.25, 0.3) is 0 Å². The number of carbonyl (C=O) groups excluding carboxylic acids is 1.